The number of aryl methyl sites for hydroxylation is 2. The quantitative estimate of drug-likeness (QED) is 0.781. The average Bonchev–Trinajstić information content (AvgIpc) is 2.71. The van der Waals surface area contributed by atoms with Gasteiger partial charge in [0.2, 0.25) is 0 Å². The van der Waals surface area contributed by atoms with Crippen LogP contribution < -0.4 is 5.32 Å². The maximum absolute atomic E-state index is 4.56. The second-order valence-corrected chi connectivity index (χ2v) is 5.99. The molecular weight excluding hydrogens is 234 g/mol. The van der Waals surface area contributed by atoms with Crippen LogP contribution >= 0.6 is 0 Å². The summed E-state index contributed by atoms with van der Waals surface area (Å²) in [4.78, 5) is 0. The zero-order chi connectivity index (χ0) is 13.7. The Morgan fingerprint density at radius 1 is 1.42 bits per heavy atom. The largest absolute Gasteiger partial charge is 0.314 e. The fourth-order valence-electron chi connectivity index (χ4n) is 2.91. The molecule has 1 fully saturated rings. The highest BCUT2D eigenvalue weighted by molar-refractivity contribution is 5.11. The molecule has 0 aliphatic heterocycles. The van der Waals surface area contributed by atoms with Crippen molar-refractivity contribution in [3.8, 4) is 0 Å². The molecule has 1 aliphatic carbocycles. The van der Waals surface area contributed by atoms with E-state index >= 15 is 0 Å². The van der Waals surface area contributed by atoms with Gasteiger partial charge in [-0.3, -0.25) is 4.68 Å². The smallest absolute Gasteiger partial charge is 0.0624 e. The first kappa shape index (κ1) is 14.6. The van der Waals surface area contributed by atoms with Gasteiger partial charge in [0.25, 0.3) is 0 Å². The lowest BCUT2D eigenvalue weighted by Crippen LogP contribution is -2.35. The summed E-state index contributed by atoms with van der Waals surface area (Å²) >= 11 is 0. The Kier molecular flexibility index (Phi) is 5.44. The van der Waals surface area contributed by atoms with Gasteiger partial charge in [-0.2, -0.15) is 5.10 Å². The highest BCUT2D eigenvalue weighted by Gasteiger charge is 2.22. The third-order valence-corrected chi connectivity index (χ3v) is 4.37. The minimum absolute atomic E-state index is 0.630. The van der Waals surface area contributed by atoms with E-state index in [0.717, 1.165) is 25.3 Å². The van der Waals surface area contributed by atoms with Crippen LogP contribution in [0.15, 0.2) is 6.07 Å². The van der Waals surface area contributed by atoms with Crippen LogP contribution in [0, 0.1) is 5.92 Å². The Morgan fingerprint density at radius 3 is 2.74 bits per heavy atom. The fraction of sp³-hybridized carbons (Fsp3) is 0.812. The molecule has 1 saturated carbocycles. The van der Waals surface area contributed by atoms with Gasteiger partial charge in [-0.15, -0.1) is 0 Å². The maximum atomic E-state index is 4.56. The van der Waals surface area contributed by atoms with Crippen LogP contribution in [0.3, 0.4) is 0 Å². The normalized spacial score (nSPS) is 17.4. The second kappa shape index (κ2) is 7.09. The van der Waals surface area contributed by atoms with Crippen LogP contribution in [-0.2, 0) is 19.9 Å². The number of rotatable bonds is 8. The Balaban J connectivity index is 1.94. The van der Waals surface area contributed by atoms with Crippen LogP contribution in [0.4, 0.5) is 0 Å². The Bertz CT molecular complexity index is 379. The monoisotopic (exact) mass is 263 g/mol. The van der Waals surface area contributed by atoms with Crippen molar-refractivity contribution in [1.29, 1.82) is 0 Å². The van der Waals surface area contributed by atoms with Gasteiger partial charge in [0.05, 0.1) is 5.69 Å². The summed E-state index contributed by atoms with van der Waals surface area (Å²) in [5.74, 6) is 0.966. The van der Waals surface area contributed by atoms with Gasteiger partial charge < -0.3 is 5.32 Å². The summed E-state index contributed by atoms with van der Waals surface area (Å²) in [6.07, 6.45) is 9.03. The molecule has 0 spiro atoms. The van der Waals surface area contributed by atoms with Crippen LogP contribution in [-0.4, -0.2) is 22.4 Å². The summed E-state index contributed by atoms with van der Waals surface area (Å²) in [6, 6.07) is 2.91. The minimum Gasteiger partial charge on any atom is -0.314 e. The molecule has 1 aromatic rings. The zero-order valence-electron chi connectivity index (χ0n) is 12.8. The van der Waals surface area contributed by atoms with Crippen molar-refractivity contribution in [3.05, 3.63) is 17.5 Å². The predicted octanol–water partition coefficient (Wildman–Crippen LogP) is 3.08. The van der Waals surface area contributed by atoms with Crippen molar-refractivity contribution in [3.63, 3.8) is 0 Å². The molecule has 0 radical (unpaired) electrons. The van der Waals surface area contributed by atoms with Gasteiger partial charge in [-0.05, 0) is 37.8 Å². The molecule has 108 valence electrons. The van der Waals surface area contributed by atoms with Gasteiger partial charge in [0, 0.05) is 25.2 Å². The van der Waals surface area contributed by atoms with Crippen LogP contribution in [0.25, 0.3) is 0 Å². The van der Waals surface area contributed by atoms with E-state index in [9.17, 15) is 0 Å². The molecule has 0 amide bonds. The molecule has 1 heterocycles. The molecule has 0 aromatic carbocycles. The maximum Gasteiger partial charge on any atom is 0.0624 e. The van der Waals surface area contributed by atoms with Gasteiger partial charge in [-0.1, -0.05) is 33.1 Å². The average molecular weight is 263 g/mol. The molecule has 1 N–H and O–H groups in total. The van der Waals surface area contributed by atoms with Crippen molar-refractivity contribution in [2.45, 2.75) is 64.8 Å². The lowest BCUT2D eigenvalue weighted by atomic mass is 9.80. The number of hydrogen-bond acceptors (Lipinski definition) is 2. The van der Waals surface area contributed by atoms with E-state index < -0.39 is 0 Å². The molecule has 0 saturated heterocycles. The lowest BCUT2D eigenvalue weighted by Gasteiger charge is -2.30. The lowest BCUT2D eigenvalue weighted by molar-refractivity contribution is 0.257. The van der Waals surface area contributed by atoms with Crippen molar-refractivity contribution in [2.75, 3.05) is 6.54 Å². The van der Waals surface area contributed by atoms with Crippen LogP contribution in [0.5, 0.6) is 0 Å². The summed E-state index contributed by atoms with van der Waals surface area (Å²) in [5, 5.41) is 8.30. The molecule has 1 atom stereocenters. The summed E-state index contributed by atoms with van der Waals surface area (Å²) < 4.78 is 2.07. The van der Waals surface area contributed by atoms with Crippen molar-refractivity contribution >= 4 is 0 Å². The molecule has 3 nitrogen and oxygen atoms in total. The third kappa shape index (κ3) is 4.07. The van der Waals surface area contributed by atoms with Crippen molar-refractivity contribution in [2.24, 2.45) is 13.0 Å². The molecule has 19 heavy (non-hydrogen) atoms. The van der Waals surface area contributed by atoms with Crippen molar-refractivity contribution in [1.82, 2.24) is 15.1 Å². The van der Waals surface area contributed by atoms with Crippen LogP contribution in [0.2, 0.25) is 0 Å². The molecule has 1 aliphatic rings. The topological polar surface area (TPSA) is 29.9 Å². The molecule has 2 rings (SSSR count). The van der Waals surface area contributed by atoms with E-state index in [1.165, 1.54) is 43.5 Å². The van der Waals surface area contributed by atoms with Crippen LogP contribution in [0.1, 0.15) is 57.3 Å². The van der Waals surface area contributed by atoms with E-state index in [1.54, 1.807) is 0 Å². The predicted molar refractivity (Wildman–Crippen MR) is 80.3 cm³/mol. The zero-order valence-corrected chi connectivity index (χ0v) is 12.8. The first-order valence-corrected chi connectivity index (χ1v) is 7.98. The van der Waals surface area contributed by atoms with E-state index in [0.29, 0.717) is 6.04 Å². The van der Waals surface area contributed by atoms with E-state index in [1.807, 2.05) is 0 Å². The number of nitrogens with one attached hydrogen (secondary N) is 1. The Morgan fingerprint density at radius 2 is 2.21 bits per heavy atom. The number of hydrogen-bond donors (Lipinski definition) is 1. The first-order chi connectivity index (χ1) is 9.22. The molecular formula is C16H29N3. The van der Waals surface area contributed by atoms with E-state index in [-0.39, 0.29) is 0 Å². The second-order valence-electron chi connectivity index (χ2n) is 5.99. The van der Waals surface area contributed by atoms with Gasteiger partial charge in [-0.25, -0.2) is 0 Å². The standard InChI is InChI=1S/C16H29N3/c1-4-9-17-15(10-13-7-6-8-13)12-16-11-14(5-2)18-19(16)3/h11,13,15,17H,4-10,12H2,1-3H3. The highest BCUT2D eigenvalue weighted by Crippen LogP contribution is 2.31. The Labute approximate surface area is 117 Å². The van der Waals surface area contributed by atoms with Gasteiger partial charge in [0.15, 0.2) is 0 Å². The van der Waals surface area contributed by atoms with Gasteiger partial charge in [0.1, 0.15) is 0 Å². The summed E-state index contributed by atoms with van der Waals surface area (Å²) in [5.41, 5.74) is 2.60. The molecule has 0 bridgehead atoms. The third-order valence-electron chi connectivity index (χ3n) is 4.37. The fourth-order valence-corrected chi connectivity index (χ4v) is 2.91. The SMILES string of the molecule is CCCNC(Cc1cc(CC)nn1C)CC1CCC1. The summed E-state index contributed by atoms with van der Waals surface area (Å²) in [7, 11) is 2.08. The molecule has 3 heteroatoms. The summed E-state index contributed by atoms with van der Waals surface area (Å²) in [6.45, 7) is 5.55. The Hall–Kier alpha value is -0.830. The minimum atomic E-state index is 0.630. The number of aromatic nitrogens is 2. The molecule has 1 aromatic heterocycles. The highest BCUT2D eigenvalue weighted by atomic mass is 15.3. The number of nitrogens with zero attached hydrogens (tertiary/aromatic N) is 2. The van der Waals surface area contributed by atoms with Gasteiger partial charge >= 0.3 is 0 Å². The molecule has 1 unspecified atom stereocenters. The van der Waals surface area contributed by atoms with E-state index in [4.69, 9.17) is 0 Å². The van der Waals surface area contributed by atoms with Crippen molar-refractivity contribution < 1.29 is 0 Å². The van der Waals surface area contributed by atoms with E-state index in [2.05, 4.69) is 42.1 Å². The first-order valence-electron chi connectivity index (χ1n) is 7.98.